The number of nitrogens with two attached hydrogens (primary N) is 1. The van der Waals surface area contributed by atoms with E-state index in [1.807, 2.05) is 19.1 Å². The molecule has 0 spiro atoms. The Kier molecular flexibility index (Phi) is 3.08. The van der Waals surface area contributed by atoms with Gasteiger partial charge in [-0.25, -0.2) is 0 Å². The van der Waals surface area contributed by atoms with Crippen LogP contribution in [0.2, 0.25) is 0 Å². The summed E-state index contributed by atoms with van der Waals surface area (Å²) in [5, 5.41) is 2.97. The predicted molar refractivity (Wildman–Crippen MR) is 61.6 cm³/mol. The number of aromatic nitrogens is 3. The molecule has 0 atom stereocenters. The molecule has 0 saturated carbocycles. The van der Waals surface area contributed by atoms with Crippen LogP contribution in [0, 0.1) is 6.92 Å². The molecule has 17 heavy (non-hydrogen) atoms. The molecule has 2 aromatic heterocycles. The Bertz CT molecular complexity index is 511. The lowest BCUT2D eigenvalue weighted by Gasteiger charge is -2.04. The SMILES string of the molecule is COc1nc(N)nc(NCc2ccc(C)o2)n1. The fourth-order valence-corrected chi connectivity index (χ4v) is 1.29. The summed E-state index contributed by atoms with van der Waals surface area (Å²) in [6.07, 6.45) is 0. The zero-order chi connectivity index (χ0) is 12.3. The molecule has 0 amide bonds. The van der Waals surface area contributed by atoms with E-state index < -0.39 is 0 Å². The van der Waals surface area contributed by atoms with E-state index in [4.69, 9.17) is 14.9 Å². The van der Waals surface area contributed by atoms with Crippen molar-refractivity contribution in [3.63, 3.8) is 0 Å². The van der Waals surface area contributed by atoms with E-state index in [9.17, 15) is 0 Å². The summed E-state index contributed by atoms with van der Waals surface area (Å²) in [5.41, 5.74) is 5.50. The highest BCUT2D eigenvalue weighted by Crippen LogP contribution is 2.11. The molecule has 2 aromatic rings. The molecule has 0 radical (unpaired) electrons. The number of methoxy groups -OCH3 is 1. The Labute approximate surface area is 98.0 Å². The number of ether oxygens (including phenoxy) is 1. The Morgan fingerprint density at radius 1 is 1.35 bits per heavy atom. The smallest absolute Gasteiger partial charge is 0.322 e. The largest absolute Gasteiger partial charge is 0.467 e. The second-order valence-corrected chi connectivity index (χ2v) is 3.37. The first-order valence-corrected chi connectivity index (χ1v) is 5.02. The molecule has 3 N–H and O–H groups in total. The van der Waals surface area contributed by atoms with Crippen LogP contribution in [0.5, 0.6) is 6.01 Å². The number of hydrogen-bond acceptors (Lipinski definition) is 7. The molecule has 7 heteroatoms. The summed E-state index contributed by atoms with van der Waals surface area (Å²) in [6.45, 7) is 2.36. The molecule has 0 aliphatic carbocycles. The van der Waals surface area contributed by atoms with Crippen LogP contribution in [0.3, 0.4) is 0 Å². The van der Waals surface area contributed by atoms with Gasteiger partial charge in [0.25, 0.3) is 0 Å². The van der Waals surface area contributed by atoms with Gasteiger partial charge in [0.1, 0.15) is 11.5 Å². The number of rotatable bonds is 4. The van der Waals surface area contributed by atoms with Crippen LogP contribution in [-0.4, -0.2) is 22.1 Å². The first-order chi connectivity index (χ1) is 8.17. The minimum atomic E-state index is 0.106. The highest BCUT2D eigenvalue weighted by atomic mass is 16.5. The molecule has 90 valence electrons. The second-order valence-electron chi connectivity index (χ2n) is 3.37. The minimum absolute atomic E-state index is 0.106. The average Bonchev–Trinajstić information content (AvgIpc) is 2.72. The number of nitrogens with one attached hydrogen (secondary N) is 1. The third-order valence-electron chi connectivity index (χ3n) is 2.03. The van der Waals surface area contributed by atoms with Crippen LogP contribution in [-0.2, 0) is 6.54 Å². The maximum Gasteiger partial charge on any atom is 0.322 e. The zero-order valence-electron chi connectivity index (χ0n) is 9.60. The normalized spacial score (nSPS) is 10.2. The molecule has 0 aliphatic rings. The number of nitrogen functional groups attached to an aromatic ring is 1. The van der Waals surface area contributed by atoms with Crippen molar-refractivity contribution < 1.29 is 9.15 Å². The van der Waals surface area contributed by atoms with E-state index in [-0.39, 0.29) is 12.0 Å². The summed E-state index contributed by atoms with van der Waals surface area (Å²) < 4.78 is 10.3. The van der Waals surface area contributed by atoms with Gasteiger partial charge < -0.3 is 20.2 Å². The Balaban J connectivity index is 2.05. The monoisotopic (exact) mass is 235 g/mol. The average molecular weight is 235 g/mol. The van der Waals surface area contributed by atoms with Gasteiger partial charge in [-0.3, -0.25) is 0 Å². The van der Waals surface area contributed by atoms with Crippen LogP contribution >= 0.6 is 0 Å². The molecule has 7 nitrogen and oxygen atoms in total. The Hall–Kier alpha value is -2.31. The van der Waals surface area contributed by atoms with Gasteiger partial charge in [-0.2, -0.15) is 15.0 Å². The van der Waals surface area contributed by atoms with Gasteiger partial charge in [0.15, 0.2) is 0 Å². The van der Waals surface area contributed by atoms with Gasteiger partial charge in [-0.1, -0.05) is 0 Å². The Morgan fingerprint density at radius 2 is 2.18 bits per heavy atom. The first-order valence-electron chi connectivity index (χ1n) is 5.02. The standard InChI is InChI=1S/C10H13N5O2/c1-6-3-4-7(17-6)5-12-9-13-8(11)14-10(15-9)16-2/h3-4H,5H2,1-2H3,(H3,11,12,13,14,15). The summed E-state index contributed by atoms with van der Waals surface area (Å²) >= 11 is 0. The van der Waals surface area contributed by atoms with Crippen LogP contribution in [0.4, 0.5) is 11.9 Å². The van der Waals surface area contributed by atoms with Crippen molar-refractivity contribution in [1.29, 1.82) is 0 Å². The summed E-state index contributed by atoms with van der Waals surface area (Å²) in [7, 11) is 1.47. The Morgan fingerprint density at radius 3 is 2.82 bits per heavy atom. The fraction of sp³-hybridized carbons (Fsp3) is 0.300. The van der Waals surface area contributed by atoms with Crippen molar-refractivity contribution in [2.75, 3.05) is 18.2 Å². The highest BCUT2D eigenvalue weighted by Gasteiger charge is 2.05. The van der Waals surface area contributed by atoms with Crippen LogP contribution in [0.1, 0.15) is 11.5 Å². The quantitative estimate of drug-likeness (QED) is 0.814. The van der Waals surface area contributed by atoms with Crippen molar-refractivity contribution in [2.24, 2.45) is 0 Å². The van der Waals surface area contributed by atoms with Crippen LogP contribution < -0.4 is 15.8 Å². The first kappa shape index (κ1) is 11.2. The van der Waals surface area contributed by atoms with Gasteiger partial charge >= 0.3 is 6.01 Å². The van der Waals surface area contributed by atoms with E-state index in [2.05, 4.69) is 20.3 Å². The molecule has 0 aromatic carbocycles. The van der Waals surface area contributed by atoms with Crippen molar-refractivity contribution in [1.82, 2.24) is 15.0 Å². The maximum absolute atomic E-state index is 5.50. The lowest BCUT2D eigenvalue weighted by molar-refractivity contribution is 0.379. The molecule has 0 saturated heterocycles. The molecule has 2 rings (SSSR count). The van der Waals surface area contributed by atoms with Crippen molar-refractivity contribution in [2.45, 2.75) is 13.5 Å². The van der Waals surface area contributed by atoms with Gasteiger partial charge in [-0.15, -0.1) is 0 Å². The third kappa shape index (κ3) is 2.83. The molecule has 2 heterocycles. The van der Waals surface area contributed by atoms with E-state index in [1.54, 1.807) is 0 Å². The van der Waals surface area contributed by atoms with Gasteiger partial charge in [0, 0.05) is 0 Å². The topological polar surface area (TPSA) is 99.1 Å². The van der Waals surface area contributed by atoms with Crippen molar-refractivity contribution in [3.05, 3.63) is 23.7 Å². The molecule has 0 fully saturated rings. The number of nitrogens with zero attached hydrogens (tertiary/aromatic N) is 3. The van der Waals surface area contributed by atoms with E-state index in [0.29, 0.717) is 12.5 Å². The summed E-state index contributed by atoms with van der Waals surface area (Å²) in [4.78, 5) is 11.7. The maximum atomic E-state index is 5.50. The molecule has 0 unspecified atom stereocenters. The molecular formula is C10H13N5O2. The number of anilines is 2. The summed E-state index contributed by atoms with van der Waals surface area (Å²) in [5.74, 6) is 2.10. The van der Waals surface area contributed by atoms with Gasteiger partial charge in [0.05, 0.1) is 13.7 Å². The molecule has 0 bridgehead atoms. The highest BCUT2D eigenvalue weighted by molar-refractivity contribution is 5.32. The van der Waals surface area contributed by atoms with Crippen molar-refractivity contribution in [3.8, 4) is 6.01 Å². The van der Waals surface area contributed by atoms with E-state index in [1.165, 1.54) is 7.11 Å². The third-order valence-corrected chi connectivity index (χ3v) is 2.03. The predicted octanol–water partition coefficient (Wildman–Crippen LogP) is 0.976. The zero-order valence-corrected chi connectivity index (χ0v) is 9.60. The number of furan rings is 1. The number of aryl methyl sites for hydroxylation is 1. The van der Waals surface area contributed by atoms with E-state index >= 15 is 0 Å². The van der Waals surface area contributed by atoms with E-state index in [0.717, 1.165) is 11.5 Å². The minimum Gasteiger partial charge on any atom is -0.467 e. The molecular weight excluding hydrogens is 222 g/mol. The lowest BCUT2D eigenvalue weighted by Crippen LogP contribution is -2.07. The summed E-state index contributed by atoms with van der Waals surface area (Å²) in [6, 6.07) is 3.94. The van der Waals surface area contributed by atoms with Gasteiger partial charge in [0.2, 0.25) is 11.9 Å². The second kappa shape index (κ2) is 4.69. The van der Waals surface area contributed by atoms with Crippen LogP contribution in [0.25, 0.3) is 0 Å². The lowest BCUT2D eigenvalue weighted by atomic mass is 10.4. The molecule has 0 aliphatic heterocycles. The number of hydrogen-bond donors (Lipinski definition) is 2. The van der Waals surface area contributed by atoms with Gasteiger partial charge in [-0.05, 0) is 19.1 Å². The van der Waals surface area contributed by atoms with Crippen molar-refractivity contribution >= 4 is 11.9 Å². The van der Waals surface area contributed by atoms with Crippen LogP contribution in [0.15, 0.2) is 16.5 Å². The fourth-order valence-electron chi connectivity index (χ4n) is 1.29.